The number of aryl methyl sites for hydroxylation is 1. The standard InChI is InChI=1S/C8H12F2N4/c1-4(8(9)10)12-7-3-6(11)13-5(2)14-7/h3-4,8H,1-2H3,(H3,11,12,13,14). The Balaban J connectivity index is 2.76. The van der Waals surface area contributed by atoms with Crippen molar-refractivity contribution in [3.63, 3.8) is 0 Å². The molecule has 6 heteroatoms. The van der Waals surface area contributed by atoms with E-state index in [4.69, 9.17) is 5.73 Å². The maximum absolute atomic E-state index is 12.2. The first kappa shape index (κ1) is 10.6. The number of nitrogens with one attached hydrogen (secondary N) is 1. The lowest BCUT2D eigenvalue weighted by Crippen LogP contribution is -2.24. The van der Waals surface area contributed by atoms with Crippen molar-refractivity contribution in [2.24, 2.45) is 0 Å². The summed E-state index contributed by atoms with van der Waals surface area (Å²) < 4.78 is 24.4. The van der Waals surface area contributed by atoms with Crippen LogP contribution in [0.2, 0.25) is 0 Å². The van der Waals surface area contributed by atoms with Crippen molar-refractivity contribution < 1.29 is 8.78 Å². The average Bonchev–Trinajstić information content (AvgIpc) is 2.01. The quantitative estimate of drug-likeness (QED) is 0.778. The molecule has 0 aromatic carbocycles. The van der Waals surface area contributed by atoms with Gasteiger partial charge in [-0.25, -0.2) is 18.7 Å². The van der Waals surface area contributed by atoms with Crippen molar-refractivity contribution in [2.75, 3.05) is 11.1 Å². The molecule has 1 rings (SSSR count). The van der Waals surface area contributed by atoms with Gasteiger partial charge in [-0.05, 0) is 13.8 Å². The lowest BCUT2D eigenvalue weighted by atomic mass is 10.3. The zero-order valence-corrected chi connectivity index (χ0v) is 7.96. The molecule has 0 amide bonds. The Morgan fingerprint density at radius 1 is 1.43 bits per heavy atom. The van der Waals surface area contributed by atoms with Crippen LogP contribution >= 0.6 is 0 Å². The van der Waals surface area contributed by atoms with Crippen LogP contribution in [0.1, 0.15) is 12.7 Å². The number of rotatable bonds is 3. The highest BCUT2D eigenvalue weighted by molar-refractivity contribution is 5.45. The first-order chi connectivity index (χ1) is 6.49. The Kier molecular flexibility index (Phi) is 3.16. The molecule has 1 aromatic rings. The molecule has 1 unspecified atom stereocenters. The SMILES string of the molecule is Cc1nc(N)cc(NC(C)C(F)F)n1. The highest BCUT2D eigenvalue weighted by atomic mass is 19.3. The molecular weight excluding hydrogens is 190 g/mol. The van der Waals surface area contributed by atoms with Gasteiger partial charge in [0.05, 0.1) is 6.04 Å². The molecule has 78 valence electrons. The molecule has 0 aliphatic heterocycles. The minimum atomic E-state index is -2.44. The van der Waals surface area contributed by atoms with Crippen molar-refractivity contribution in [3.05, 3.63) is 11.9 Å². The van der Waals surface area contributed by atoms with E-state index in [-0.39, 0.29) is 5.82 Å². The minimum Gasteiger partial charge on any atom is -0.384 e. The fourth-order valence-electron chi connectivity index (χ4n) is 0.961. The number of aromatic nitrogens is 2. The van der Waals surface area contributed by atoms with Gasteiger partial charge in [-0.1, -0.05) is 0 Å². The molecule has 1 atom stereocenters. The van der Waals surface area contributed by atoms with Crippen molar-refractivity contribution in [1.29, 1.82) is 0 Å². The van der Waals surface area contributed by atoms with Crippen LogP contribution in [0.25, 0.3) is 0 Å². The molecule has 3 N–H and O–H groups in total. The summed E-state index contributed by atoms with van der Waals surface area (Å²) in [7, 11) is 0. The van der Waals surface area contributed by atoms with Gasteiger partial charge in [0, 0.05) is 6.07 Å². The molecule has 0 bridgehead atoms. The van der Waals surface area contributed by atoms with Gasteiger partial charge in [0.25, 0.3) is 6.43 Å². The van der Waals surface area contributed by atoms with Gasteiger partial charge in [0.1, 0.15) is 17.5 Å². The van der Waals surface area contributed by atoms with Crippen molar-refractivity contribution >= 4 is 11.6 Å². The molecule has 4 nitrogen and oxygen atoms in total. The van der Waals surface area contributed by atoms with Crippen molar-refractivity contribution in [2.45, 2.75) is 26.3 Å². The highest BCUT2D eigenvalue weighted by Gasteiger charge is 2.14. The smallest absolute Gasteiger partial charge is 0.258 e. The van der Waals surface area contributed by atoms with E-state index in [1.807, 2.05) is 0 Å². The van der Waals surface area contributed by atoms with Gasteiger partial charge in [-0.15, -0.1) is 0 Å². The second-order valence-electron chi connectivity index (χ2n) is 2.99. The Hall–Kier alpha value is -1.46. The topological polar surface area (TPSA) is 63.8 Å². The number of nitrogens with two attached hydrogens (primary N) is 1. The van der Waals surface area contributed by atoms with Gasteiger partial charge in [-0.2, -0.15) is 0 Å². The van der Waals surface area contributed by atoms with E-state index in [2.05, 4.69) is 15.3 Å². The van der Waals surface area contributed by atoms with Gasteiger partial charge in [0.2, 0.25) is 0 Å². The predicted octanol–water partition coefficient (Wildman–Crippen LogP) is 1.43. The molecule has 14 heavy (non-hydrogen) atoms. The van der Waals surface area contributed by atoms with E-state index in [9.17, 15) is 8.78 Å². The maximum atomic E-state index is 12.2. The Bertz CT molecular complexity index is 296. The largest absolute Gasteiger partial charge is 0.384 e. The van der Waals surface area contributed by atoms with E-state index in [1.54, 1.807) is 6.92 Å². The monoisotopic (exact) mass is 202 g/mol. The van der Waals surface area contributed by atoms with Crippen LogP contribution in [0.15, 0.2) is 6.07 Å². The third-order valence-electron chi connectivity index (χ3n) is 1.61. The summed E-state index contributed by atoms with van der Waals surface area (Å²) in [5.74, 6) is 1.04. The van der Waals surface area contributed by atoms with Gasteiger partial charge >= 0.3 is 0 Å². The molecule has 0 aliphatic carbocycles. The van der Waals surface area contributed by atoms with Crippen LogP contribution in [0.4, 0.5) is 20.4 Å². The molecule has 0 saturated carbocycles. The van der Waals surface area contributed by atoms with Crippen LogP contribution in [-0.2, 0) is 0 Å². The number of nitrogen functional groups attached to an aromatic ring is 1. The summed E-state index contributed by atoms with van der Waals surface area (Å²) >= 11 is 0. The van der Waals surface area contributed by atoms with Gasteiger partial charge in [0.15, 0.2) is 0 Å². The van der Waals surface area contributed by atoms with E-state index < -0.39 is 12.5 Å². The molecule has 0 radical (unpaired) electrons. The number of hydrogen-bond acceptors (Lipinski definition) is 4. The van der Waals surface area contributed by atoms with E-state index in [1.165, 1.54) is 13.0 Å². The summed E-state index contributed by atoms with van der Waals surface area (Å²) in [6.07, 6.45) is -2.44. The molecular formula is C8H12F2N4. The lowest BCUT2D eigenvalue weighted by molar-refractivity contribution is 0.130. The second-order valence-corrected chi connectivity index (χ2v) is 2.99. The molecule has 1 heterocycles. The second kappa shape index (κ2) is 4.17. The summed E-state index contributed by atoms with van der Waals surface area (Å²) in [4.78, 5) is 7.75. The van der Waals surface area contributed by atoms with Gasteiger partial charge in [-0.3, -0.25) is 0 Å². The predicted molar refractivity (Wildman–Crippen MR) is 50.3 cm³/mol. The van der Waals surface area contributed by atoms with Crippen LogP contribution in [0.3, 0.4) is 0 Å². The fraction of sp³-hybridized carbons (Fsp3) is 0.500. The molecule has 1 aromatic heterocycles. The highest BCUT2D eigenvalue weighted by Crippen LogP contribution is 2.11. The lowest BCUT2D eigenvalue weighted by Gasteiger charge is -2.13. The number of halogens is 2. The normalized spacial score (nSPS) is 12.9. The first-order valence-electron chi connectivity index (χ1n) is 4.15. The van der Waals surface area contributed by atoms with E-state index >= 15 is 0 Å². The van der Waals surface area contributed by atoms with Crippen LogP contribution in [-0.4, -0.2) is 22.4 Å². The molecule has 0 aliphatic rings. The number of anilines is 2. The number of nitrogens with zero attached hydrogens (tertiary/aromatic N) is 2. The van der Waals surface area contributed by atoms with Crippen LogP contribution in [0, 0.1) is 6.92 Å². The van der Waals surface area contributed by atoms with Gasteiger partial charge < -0.3 is 11.1 Å². The fourth-order valence-corrected chi connectivity index (χ4v) is 0.961. The molecule has 0 spiro atoms. The van der Waals surface area contributed by atoms with E-state index in [0.717, 1.165) is 0 Å². The third kappa shape index (κ3) is 2.79. The first-order valence-corrected chi connectivity index (χ1v) is 4.15. The Labute approximate surface area is 80.6 Å². The maximum Gasteiger partial charge on any atom is 0.258 e. The van der Waals surface area contributed by atoms with E-state index in [0.29, 0.717) is 11.6 Å². The Morgan fingerprint density at radius 3 is 2.57 bits per heavy atom. The van der Waals surface area contributed by atoms with Crippen LogP contribution < -0.4 is 11.1 Å². The summed E-state index contributed by atoms with van der Waals surface area (Å²) in [6.45, 7) is 3.02. The third-order valence-corrected chi connectivity index (χ3v) is 1.61. The zero-order valence-electron chi connectivity index (χ0n) is 7.96. The Morgan fingerprint density at radius 2 is 2.07 bits per heavy atom. The summed E-state index contributed by atoms with van der Waals surface area (Å²) in [5.41, 5.74) is 5.43. The van der Waals surface area contributed by atoms with Crippen molar-refractivity contribution in [1.82, 2.24) is 9.97 Å². The number of alkyl halides is 2. The zero-order chi connectivity index (χ0) is 10.7. The molecule has 0 saturated heterocycles. The summed E-state index contributed by atoms with van der Waals surface area (Å²) in [6, 6.07) is 0.468. The molecule has 0 fully saturated rings. The van der Waals surface area contributed by atoms with Crippen LogP contribution in [0.5, 0.6) is 0 Å². The average molecular weight is 202 g/mol. The minimum absolute atomic E-state index is 0.265. The summed E-state index contributed by atoms with van der Waals surface area (Å²) in [5, 5.41) is 2.54. The van der Waals surface area contributed by atoms with Crippen molar-refractivity contribution in [3.8, 4) is 0 Å². The number of hydrogen-bond donors (Lipinski definition) is 2.